The summed E-state index contributed by atoms with van der Waals surface area (Å²) in [6.45, 7) is 1.95. The van der Waals surface area contributed by atoms with Crippen LogP contribution in [0.4, 0.5) is 0 Å². The van der Waals surface area contributed by atoms with Gasteiger partial charge in [-0.15, -0.1) is 0 Å². The van der Waals surface area contributed by atoms with E-state index in [2.05, 4.69) is 0 Å². The number of nitrogens with two attached hydrogens (primary N) is 1. The van der Waals surface area contributed by atoms with Gasteiger partial charge < -0.3 is 15.4 Å². The van der Waals surface area contributed by atoms with E-state index in [0.29, 0.717) is 13.2 Å². The Labute approximate surface area is 103 Å². The first-order chi connectivity index (χ1) is 8.19. The second kappa shape index (κ2) is 5.36. The van der Waals surface area contributed by atoms with Crippen LogP contribution in [0.3, 0.4) is 0 Å². The van der Waals surface area contributed by atoms with Crippen LogP contribution in [0.1, 0.15) is 38.5 Å². The Hall–Kier alpha value is -0.610. The zero-order valence-electron chi connectivity index (χ0n) is 10.8. The summed E-state index contributed by atoms with van der Waals surface area (Å²) in [5, 5.41) is 0. The summed E-state index contributed by atoms with van der Waals surface area (Å²) < 4.78 is 5.36. The molecule has 1 amide bonds. The van der Waals surface area contributed by atoms with Crippen molar-refractivity contribution < 1.29 is 9.53 Å². The molecule has 0 aromatic carbocycles. The first-order valence-corrected chi connectivity index (χ1v) is 6.75. The maximum Gasteiger partial charge on any atom is 0.230 e. The quantitative estimate of drug-likeness (QED) is 0.805. The molecule has 4 heteroatoms. The molecule has 1 unspecified atom stereocenters. The number of ether oxygens (including phenoxy) is 1. The van der Waals surface area contributed by atoms with Crippen molar-refractivity contribution in [3.63, 3.8) is 0 Å². The highest BCUT2D eigenvalue weighted by Gasteiger charge is 2.41. The third-order valence-corrected chi connectivity index (χ3v) is 4.43. The summed E-state index contributed by atoms with van der Waals surface area (Å²) in [5.74, 6) is 0.246. The van der Waals surface area contributed by atoms with E-state index in [9.17, 15) is 4.79 Å². The minimum absolute atomic E-state index is 0.246. The fourth-order valence-corrected chi connectivity index (χ4v) is 3.10. The Bertz CT molecular complexity index is 269. The van der Waals surface area contributed by atoms with Crippen LogP contribution in [-0.4, -0.2) is 43.7 Å². The van der Waals surface area contributed by atoms with E-state index in [1.54, 1.807) is 0 Å². The van der Waals surface area contributed by atoms with E-state index < -0.39 is 0 Å². The first-order valence-electron chi connectivity index (χ1n) is 6.75. The minimum atomic E-state index is -0.282. The molecule has 0 radical (unpaired) electrons. The van der Waals surface area contributed by atoms with E-state index in [1.165, 1.54) is 6.42 Å². The normalized spacial score (nSPS) is 28.0. The summed E-state index contributed by atoms with van der Waals surface area (Å²) in [7, 11) is 1.91. The van der Waals surface area contributed by atoms with E-state index in [0.717, 1.165) is 38.7 Å². The van der Waals surface area contributed by atoms with Gasteiger partial charge in [0.1, 0.15) is 0 Å². The van der Waals surface area contributed by atoms with Crippen molar-refractivity contribution in [1.29, 1.82) is 0 Å². The average Bonchev–Trinajstić information content (AvgIpc) is 2.91. The standard InChI is InChI=1S/C13H24N2O2/c1-15(11-5-8-17-9-11)12(16)13(10-14)6-3-2-4-7-13/h11H,2-10,14H2,1H3. The molecular formula is C13H24N2O2. The van der Waals surface area contributed by atoms with Crippen LogP contribution in [0.25, 0.3) is 0 Å². The lowest BCUT2D eigenvalue weighted by molar-refractivity contribution is -0.144. The van der Waals surface area contributed by atoms with Gasteiger partial charge in [-0.2, -0.15) is 0 Å². The monoisotopic (exact) mass is 240 g/mol. The third kappa shape index (κ3) is 2.47. The molecule has 1 saturated carbocycles. The van der Waals surface area contributed by atoms with Gasteiger partial charge in [-0.25, -0.2) is 0 Å². The zero-order chi connectivity index (χ0) is 12.3. The topological polar surface area (TPSA) is 55.6 Å². The highest BCUT2D eigenvalue weighted by molar-refractivity contribution is 5.83. The van der Waals surface area contributed by atoms with E-state index in [1.807, 2.05) is 11.9 Å². The molecule has 0 spiro atoms. The van der Waals surface area contributed by atoms with Crippen LogP contribution >= 0.6 is 0 Å². The van der Waals surface area contributed by atoms with Crippen molar-refractivity contribution in [2.75, 3.05) is 26.8 Å². The fourth-order valence-electron chi connectivity index (χ4n) is 3.10. The Morgan fingerprint density at radius 1 is 1.41 bits per heavy atom. The summed E-state index contributed by atoms with van der Waals surface area (Å²) >= 11 is 0. The van der Waals surface area contributed by atoms with E-state index >= 15 is 0 Å². The molecule has 0 aromatic heterocycles. The molecule has 0 bridgehead atoms. The molecule has 1 aliphatic heterocycles. The second-order valence-corrected chi connectivity index (χ2v) is 5.48. The van der Waals surface area contributed by atoms with Crippen LogP contribution in [0.5, 0.6) is 0 Å². The molecule has 1 atom stereocenters. The minimum Gasteiger partial charge on any atom is -0.379 e. The lowest BCUT2D eigenvalue weighted by Gasteiger charge is -2.39. The van der Waals surface area contributed by atoms with Crippen LogP contribution in [-0.2, 0) is 9.53 Å². The molecule has 2 aliphatic rings. The molecule has 0 aromatic rings. The van der Waals surface area contributed by atoms with Crippen molar-refractivity contribution in [3.8, 4) is 0 Å². The fraction of sp³-hybridized carbons (Fsp3) is 0.923. The predicted octanol–water partition coefficient (Wildman–Crippen LogP) is 1.14. The maximum absolute atomic E-state index is 12.6. The predicted molar refractivity (Wildman–Crippen MR) is 66.6 cm³/mol. The molecule has 1 heterocycles. The van der Waals surface area contributed by atoms with Crippen molar-refractivity contribution in [1.82, 2.24) is 4.90 Å². The molecule has 2 fully saturated rings. The highest BCUT2D eigenvalue weighted by Crippen LogP contribution is 2.37. The molecule has 2 rings (SSSR count). The zero-order valence-corrected chi connectivity index (χ0v) is 10.8. The Morgan fingerprint density at radius 3 is 2.65 bits per heavy atom. The lowest BCUT2D eigenvalue weighted by Crippen LogP contribution is -2.51. The molecule has 17 heavy (non-hydrogen) atoms. The van der Waals surface area contributed by atoms with Crippen LogP contribution in [0, 0.1) is 5.41 Å². The van der Waals surface area contributed by atoms with Gasteiger partial charge in [0.25, 0.3) is 0 Å². The van der Waals surface area contributed by atoms with Crippen molar-refractivity contribution in [2.24, 2.45) is 11.1 Å². The number of carbonyl (C=O) groups excluding carboxylic acids is 1. The lowest BCUT2D eigenvalue weighted by atomic mass is 9.73. The van der Waals surface area contributed by atoms with Gasteiger partial charge in [0.15, 0.2) is 0 Å². The van der Waals surface area contributed by atoms with Gasteiger partial charge in [0, 0.05) is 20.2 Å². The number of nitrogens with zero attached hydrogens (tertiary/aromatic N) is 1. The highest BCUT2D eigenvalue weighted by atomic mass is 16.5. The summed E-state index contributed by atoms with van der Waals surface area (Å²) in [6.07, 6.45) is 6.39. The molecule has 1 saturated heterocycles. The van der Waals surface area contributed by atoms with Crippen LogP contribution < -0.4 is 5.73 Å². The molecule has 2 N–H and O–H groups in total. The van der Waals surface area contributed by atoms with E-state index in [-0.39, 0.29) is 17.4 Å². The van der Waals surface area contributed by atoms with Crippen molar-refractivity contribution >= 4 is 5.91 Å². The number of hydrogen-bond acceptors (Lipinski definition) is 3. The number of likely N-dealkylation sites (N-methyl/N-ethyl adjacent to an activating group) is 1. The molecule has 98 valence electrons. The molecule has 4 nitrogen and oxygen atoms in total. The van der Waals surface area contributed by atoms with Crippen LogP contribution in [0.2, 0.25) is 0 Å². The van der Waals surface area contributed by atoms with Gasteiger partial charge >= 0.3 is 0 Å². The largest absolute Gasteiger partial charge is 0.379 e. The number of carbonyl (C=O) groups is 1. The molecular weight excluding hydrogens is 216 g/mol. The van der Waals surface area contributed by atoms with Crippen molar-refractivity contribution in [2.45, 2.75) is 44.6 Å². The summed E-state index contributed by atoms with van der Waals surface area (Å²) in [6, 6.07) is 0.257. The SMILES string of the molecule is CN(C(=O)C1(CN)CCCCC1)C1CCOC1. The number of hydrogen-bond donors (Lipinski definition) is 1. The maximum atomic E-state index is 12.6. The van der Waals surface area contributed by atoms with Gasteiger partial charge in [-0.3, -0.25) is 4.79 Å². The van der Waals surface area contributed by atoms with Gasteiger partial charge in [-0.1, -0.05) is 19.3 Å². The molecule has 1 aliphatic carbocycles. The number of rotatable bonds is 3. The summed E-state index contributed by atoms with van der Waals surface area (Å²) in [4.78, 5) is 14.5. The Morgan fingerprint density at radius 2 is 2.12 bits per heavy atom. The third-order valence-electron chi connectivity index (χ3n) is 4.43. The second-order valence-electron chi connectivity index (χ2n) is 5.48. The van der Waals surface area contributed by atoms with Gasteiger partial charge in [0.2, 0.25) is 5.91 Å². The summed E-state index contributed by atoms with van der Waals surface area (Å²) in [5.41, 5.74) is 5.61. The van der Waals surface area contributed by atoms with Crippen LogP contribution in [0.15, 0.2) is 0 Å². The van der Waals surface area contributed by atoms with E-state index in [4.69, 9.17) is 10.5 Å². The van der Waals surface area contributed by atoms with Gasteiger partial charge in [-0.05, 0) is 19.3 Å². The Kier molecular flexibility index (Phi) is 4.05. The Balaban J connectivity index is 2.04. The van der Waals surface area contributed by atoms with Gasteiger partial charge in [0.05, 0.1) is 18.1 Å². The van der Waals surface area contributed by atoms with Crippen molar-refractivity contribution in [3.05, 3.63) is 0 Å². The number of amides is 1. The average molecular weight is 240 g/mol. The first kappa shape index (κ1) is 12.8. The smallest absolute Gasteiger partial charge is 0.230 e.